The largest absolute Gasteiger partial charge is 0.419 e. The maximum atomic E-state index is 5.88. The van der Waals surface area contributed by atoms with Crippen molar-refractivity contribution in [1.82, 2.24) is 19.7 Å². The lowest BCUT2D eigenvalue weighted by molar-refractivity contribution is 0.486. The van der Waals surface area contributed by atoms with Gasteiger partial charge in [-0.25, -0.2) is 4.98 Å². The first-order valence-corrected chi connectivity index (χ1v) is 9.06. The lowest BCUT2D eigenvalue weighted by Gasteiger charge is -2.05. The molecule has 0 aliphatic rings. The first kappa shape index (κ1) is 16.0. The van der Waals surface area contributed by atoms with E-state index in [9.17, 15) is 0 Å². The molecule has 25 heavy (non-hydrogen) atoms. The van der Waals surface area contributed by atoms with Gasteiger partial charge >= 0.3 is 0 Å². The van der Waals surface area contributed by atoms with Gasteiger partial charge in [-0.3, -0.25) is 0 Å². The fourth-order valence-electron chi connectivity index (χ4n) is 2.88. The molecule has 5 nitrogen and oxygen atoms in total. The molecule has 0 fully saturated rings. The number of imidazole rings is 1. The van der Waals surface area contributed by atoms with Gasteiger partial charge in [-0.15, -0.1) is 10.2 Å². The fourth-order valence-corrected chi connectivity index (χ4v) is 3.14. The zero-order chi connectivity index (χ0) is 17.2. The molecule has 0 amide bonds. The quantitative estimate of drug-likeness (QED) is 0.483. The first-order valence-electron chi connectivity index (χ1n) is 8.27. The van der Waals surface area contributed by atoms with Gasteiger partial charge in [-0.05, 0) is 42.8 Å². The topological polar surface area (TPSA) is 56.7 Å². The molecule has 126 valence electrons. The molecule has 4 aromatic rings. The Bertz CT molecular complexity index is 1000. The molecular formula is C19H17BrN4O. The van der Waals surface area contributed by atoms with E-state index in [0.29, 0.717) is 18.3 Å². The van der Waals surface area contributed by atoms with Crippen molar-refractivity contribution in [2.24, 2.45) is 0 Å². The SMILES string of the molecule is CCCc1nc2ccccc2n1Cc1nnc(-c2ccc(Br)cc2)o1. The minimum absolute atomic E-state index is 0.527. The maximum absolute atomic E-state index is 5.88. The Morgan fingerprint density at radius 1 is 1.04 bits per heavy atom. The van der Waals surface area contributed by atoms with Gasteiger partial charge in [0.25, 0.3) is 0 Å². The highest BCUT2D eigenvalue weighted by atomic mass is 79.9. The number of aromatic nitrogens is 4. The second kappa shape index (κ2) is 6.80. The van der Waals surface area contributed by atoms with Crippen LogP contribution in [0.1, 0.15) is 25.1 Å². The van der Waals surface area contributed by atoms with E-state index in [4.69, 9.17) is 9.40 Å². The summed E-state index contributed by atoms with van der Waals surface area (Å²) in [5.74, 6) is 2.16. The van der Waals surface area contributed by atoms with Crippen LogP contribution in [0.15, 0.2) is 57.4 Å². The van der Waals surface area contributed by atoms with Crippen LogP contribution in [-0.2, 0) is 13.0 Å². The molecular weight excluding hydrogens is 380 g/mol. The first-order chi connectivity index (χ1) is 12.2. The third-order valence-corrected chi connectivity index (χ3v) is 4.59. The minimum Gasteiger partial charge on any atom is -0.419 e. The van der Waals surface area contributed by atoms with E-state index >= 15 is 0 Å². The fraction of sp³-hybridized carbons (Fsp3) is 0.211. The van der Waals surface area contributed by atoms with Crippen LogP contribution in [0.2, 0.25) is 0 Å². The van der Waals surface area contributed by atoms with Crippen LogP contribution < -0.4 is 0 Å². The Labute approximate surface area is 153 Å². The van der Waals surface area contributed by atoms with Gasteiger partial charge in [0, 0.05) is 16.5 Å². The molecule has 0 spiro atoms. The van der Waals surface area contributed by atoms with Crippen LogP contribution in [0.3, 0.4) is 0 Å². The molecule has 0 aliphatic carbocycles. The molecule has 0 saturated heterocycles. The van der Waals surface area contributed by atoms with Crippen LogP contribution in [0.25, 0.3) is 22.5 Å². The lowest BCUT2D eigenvalue weighted by Crippen LogP contribution is -2.05. The number of rotatable bonds is 5. The number of para-hydroxylation sites is 2. The molecule has 0 atom stereocenters. The number of fused-ring (bicyclic) bond motifs is 1. The Balaban J connectivity index is 1.67. The van der Waals surface area contributed by atoms with Crippen LogP contribution in [-0.4, -0.2) is 19.7 Å². The summed E-state index contributed by atoms with van der Waals surface area (Å²) in [6.45, 7) is 2.68. The van der Waals surface area contributed by atoms with Gasteiger partial charge in [-0.2, -0.15) is 0 Å². The molecule has 2 aromatic carbocycles. The Morgan fingerprint density at radius 3 is 2.64 bits per heavy atom. The van der Waals surface area contributed by atoms with E-state index in [0.717, 1.165) is 39.7 Å². The van der Waals surface area contributed by atoms with Gasteiger partial charge in [0.1, 0.15) is 12.4 Å². The molecule has 0 radical (unpaired) electrons. The van der Waals surface area contributed by atoms with Crippen molar-refractivity contribution in [1.29, 1.82) is 0 Å². The van der Waals surface area contributed by atoms with E-state index in [1.807, 2.05) is 42.5 Å². The molecule has 0 aliphatic heterocycles. The number of benzene rings is 2. The highest BCUT2D eigenvalue weighted by Gasteiger charge is 2.14. The van der Waals surface area contributed by atoms with Gasteiger partial charge in [0.15, 0.2) is 0 Å². The van der Waals surface area contributed by atoms with Crippen molar-refractivity contribution in [3.63, 3.8) is 0 Å². The summed E-state index contributed by atoms with van der Waals surface area (Å²) in [7, 11) is 0. The molecule has 6 heteroatoms. The normalized spacial score (nSPS) is 11.3. The Hall–Kier alpha value is -2.47. The van der Waals surface area contributed by atoms with Gasteiger partial charge < -0.3 is 8.98 Å². The number of nitrogens with zero attached hydrogens (tertiary/aromatic N) is 4. The Kier molecular flexibility index (Phi) is 4.36. The summed E-state index contributed by atoms with van der Waals surface area (Å²) in [6, 6.07) is 16.0. The zero-order valence-electron chi connectivity index (χ0n) is 13.8. The predicted molar refractivity (Wildman–Crippen MR) is 100 cm³/mol. The second-order valence-electron chi connectivity index (χ2n) is 5.86. The van der Waals surface area contributed by atoms with Gasteiger partial charge in [-0.1, -0.05) is 35.0 Å². The zero-order valence-corrected chi connectivity index (χ0v) is 15.4. The molecule has 2 aromatic heterocycles. The molecule has 0 saturated carbocycles. The van der Waals surface area contributed by atoms with Crippen LogP contribution >= 0.6 is 15.9 Å². The monoisotopic (exact) mass is 396 g/mol. The number of halogens is 1. The van der Waals surface area contributed by atoms with E-state index in [1.54, 1.807) is 0 Å². The maximum Gasteiger partial charge on any atom is 0.247 e. The van der Waals surface area contributed by atoms with Crippen molar-refractivity contribution < 1.29 is 4.42 Å². The summed E-state index contributed by atoms with van der Waals surface area (Å²) in [5, 5.41) is 8.41. The number of hydrogen-bond acceptors (Lipinski definition) is 4. The van der Waals surface area contributed by atoms with Crippen LogP contribution in [0.5, 0.6) is 0 Å². The summed E-state index contributed by atoms with van der Waals surface area (Å²) in [6.07, 6.45) is 1.96. The highest BCUT2D eigenvalue weighted by molar-refractivity contribution is 9.10. The van der Waals surface area contributed by atoms with Crippen LogP contribution in [0, 0.1) is 0 Å². The smallest absolute Gasteiger partial charge is 0.247 e. The summed E-state index contributed by atoms with van der Waals surface area (Å²) in [4.78, 5) is 4.74. The van der Waals surface area contributed by atoms with E-state index in [1.165, 1.54) is 0 Å². The van der Waals surface area contributed by atoms with Crippen LogP contribution in [0.4, 0.5) is 0 Å². The molecule has 4 rings (SSSR count). The minimum atomic E-state index is 0.527. The van der Waals surface area contributed by atoms with Crippen molar-refractivity contribution in [2.75, 3.05) is 0 Å². The average molecular weight is 397 g/mol. The molecule has 0 bridgehead atoms. The lowest BCUT2D eigenvalue weighted by atomic mass is 10.2. The predicted octanol–water partition coefficient (Wildman–Crippen LogP) is 4.85. The van der Waals surface area contributed by atoms with E-state index in [-0.39, 0.29) is 0 Å². The van der Waals surface area contributed by atoms with E-state index < -0.39 is 0 Å². The average Bonchev–Trinajstić information content (AvgIpc) is 3.22. The van der Waals surface area contributed by atoms with Crippen molar-refractivity contribution in [3.8, 4) is 11.5 Å². The van der Waals surface area contributed by atoms with Gasteiger partial charge in [0.05, 0.1) is 11.0 Å². The third-order valence-electron chi connectivity index (χ3n) is 4.06. The standard InChI is InChI=1S/C19H17BrN4O/c1-2-5-17-21-15-6-3-4-7-16(15)24(17)12-18-22-23-19(25-18)13-8-10-14(20)11-9-13/h3-4,6-11H,2,5,12H2,1H3. The van der Waals surface area contributed by atoms with Crippen molar-refractivity contribution >= 4 is 27.0 Å². The van der Waals surface area contributed by atoms with Gasteiger partial charge in [0.2, 0.25) is 11.8 Å². The third kappa shape index (κ3) is 3.22. The van der Waals surface area contributed by atoms with Crippen molar-refractivity contribution in [3.05, 3.63) is 64.7 Å². The molecule has 0 unspecified atom stereocenters. The highest BCUT2D eigenvalue weighted by Crippen LogP contribution is 2.22. The molecule has 0 N–H and O–H groups in total. The van der Waals surface area contributed by atoms with E-state index in [2.05, 4.69) is 43.7 Å². The number of aryl methyl sites for hydroxylation is 1. The summed E-state index contributed by atoms with van der Waals surface area (Å²) in [5.41, 5.74) is 3.00. The summed E-state index contributed by atoms with van der Waals surface area (Å²) >= 11 is 3.43. The Morgan fingerprint density at radius 2 is 1.84 bits per heavy atom. The van der Waals surface area contributed by atoms with Crippen molar-refractivity contribution in [2.45, 2.75) is 26.3 Å². The number of hydrogen-bond donors (Lipinski definition) is 0. The molecule has 2 heterocycles. The summed E-state index contributed by atoms with van der Waals surface area (Å²) < 4.78 is 9.06. The second-order valence-corrected chi connectivity index (χ2v) is 6.78.